The summed E-state index contributed by atoms with van der Waals surface area (Å²) in [6, 6.07) is 10.6. The molecule has 0 aromatic heterocycles. The maximum absolute atomic E-state index is 13.2. The van der Waals surface area contributed by atoms with Gasteiger partial charge in [0, 0.05) is 22.3 Å². The van der Waals surface area contributed by atoms with Gasteiger partial charge in [-0.25, -0.2) is 8.78 Å². The number of ketones is 1. The number of hydrogen-bond donors (Lipinski definition) is 0. The fourth-order valence-corrected chi connectivity index (χ4v) is 3.51. The highest BCUT2D eigenvalue weighted by atomic mass is 32.2. The van der Waals surface area contributed by atoms with E-state index in [0.717, 1.165) is 28.7 Å². The number of carbonyl (C=O) groups excluding carboxylic acids is 1. The molecule has 1 unspecified atom stereocenters. The zero-order valence-electron chi connectivity index (χ0n) is 9.90. The molecule has 19 heavy (non-hydrogen) atoms. The standard InChI is InChI=1S/C15H10F2OS/c16-10-5-9(6-11(17)7-10)15(18)13-8-19-14-4-2-1-3-12(13)14/h1-7,13H,8H2. The van der Waals surface area contributed by atoms with Crippen molar-refractivity contribution in [1.82, 2.24) is 0 Å². The van der Waals surface area contributed by atoms with E-state index >= 15 is 0 Å². The molecular weight excluding hydrogens is 266 g/mol. The van der Waals surface area contributed by atoms with Gasteiger partial charge < -0.3 is 0 Å². The number of Topliss-reactive ketones (excluding diaryl/α,β-unsaturated/α-hetero) is 1. The Hall–Kier alpha value is -1.68. The van der Waals surface area contributed by atoms with Crippen LogP contribution >= 0.6 is 11.8 Å². The Bertz CT molecular complexity index is 634. The molecule has 0 saturated carbocycles. The normalized spacial score (nSPS) is 17.3. The van der Waals surface area contributed by atoms with Crippen molar-refractivity contribution in [3.63, 3.8) is 0 Å². The number of carbonyl (C=O) groups is 1. The van der Waals surface area contributed by atoms with Crippen LogP contribution in [-0.4, -0.2) is 11.5 Å². The van der Waals surface area contributed by atoms with Crippen molar-refractivity contribution in [2.45, 2.75) is 10.8 Å². The molecule has 96 valence electrons. The van der Waals surface area contributed by atoms with E-state index in [1.165, 1.54) is 0 Å². The van der Waals surface area contributed by atoms with Crippen LogP contribution in [0.25, 0.3) is 0 Å². The number of fused-ring (bicyclic) bond motifs is 1. The molecule has 1 aliphatic rings. The van der Waals surface area contributed by atoms with Gasteiger partial charge in [-0.2, -0.15) is 0 Å². The van der Waals surface area contributed by atoms with Crippen molar-refractivity contribution in [2.75, 3.05) is 5.75 Å². The lowest BCUT2D eigenvalue weighted by atomic mass is 9.92. The average Bonchev–Trinajstić information content (AvgIpc) is 2.80. The van der Waals surface area contributed by atoms with E-state index in [4.69, 9.17) is 0 Å². The molecule has 4 heteroatoms. The summed E-state index contributed by atoms with van der Waals surface area (Å²) in [5.41, 5.74) is 1.04. The summed E-state index contributed by atoms with van der Waals surface area (Å²) in [7, 11) is 0. The molecule has 2 aromatic rings. The van der Waals surface area contributed by atoms with E-state index in [9.17, 15) is 13.6 Å². The maximum Gasteiger partial charge on any atom is 0.171 e. The van der Waals surface area contributed by atoms with Gasteiger partial charge in [0.2, 0.25) is 0 Å². The second-order valence-electron chi connectivity index (χ2n) is 4.42. The predicted octanol–water partition coefficient (Wildman–Crippen LogP) is 4.04. The lowest BCUT2D eigenvalue weighted by Gasteiger charge is -2.09. The summed E-state index contributed by atoms with van der Waals surface area (Å²) >= 11 is 1.60. The van der Waals surface area contributed by atoms with Crippen LogP contribution in [0, 0.1) is 11.6 Å². The summed E-state index contributed by atoms with van der Waals surface area (Å²) in [6.45, 7) is 0. The van der Waals surface area contributed by atoms with Crippen molar-refractivity contribution in [3.05, 3.63) is 65.2 Å². The molecule has 0 bridgehead atoms. The molecule has 0 radical (unpaired) electrons. The van der Waals surface area contributed by atoms with Crippen LogP contribution in [0.2, 0.25) is 0 Å². The van der Waals surface area contributed by atoms with Gasteiger partial charge in [-0.3, -0.25) is 4.79 Å². The largest absolute Gasteiger partial charge is 0.293 e. The summed E-state index contributed by atoms with van der Waals surface area (Å²) < 4.78 is 26.3. The molecule has 0 fully saturated rings. The van der Waals surface area contributed by atoms with Gasteiger partial charge in [-0.15, -0.1) is 11.8 Å². The van der Waals surface area contributed by atoms with Gasteiger partial charge in [0.1, 0.15) is 11.6 Å². The van der Waals surface area contributed by atoms with Crippen LogP contribution in [0.4, 0.5) is 8.78 Å². The van der Waals surface area contributed by atoms with E-state index in [1.54, 1.807) is 11.8 Å². The molecular formula is C15H10F2OS. The highest BCUT2D eigenvalue weighted by Gasteiger charge is 2.30. The fourth-order valence-electron chi connectivity index (χ4n) is 2.28. The second kappa shape index (κ2) is 4.78. The molecule has 0 spiro atoms. The topological polar surface area (TPSA) is 17.1 Å². The molecule has 0 aliphatic carbocycles. The maximum atomic E-state index is 13.2. The summed E-state index contributed by atoms with van der Waals surface area (Å²) in [6.07, 6.45) is 0. The molecule has 0 saturated heterocycles. The lowest BCUT2D eigenvalue weighted by molar-refractivity contribution is 0.0967. The Morgan fingerprint density at radius 3 is 2.53 bits per heavy atom. The minimum atomic E-state index is -0.720. The van der Waals surface area contributed by atoms with Crippen molar-refractivity contribution in [3.8, 4) is 0 Å². The predicted molar refractivity (Wildman–Crippen MR) is 70.6 cm³/mol. The van der Waals surface area contributed by atoms with Crippen molar-refractivity contribution >= 4 is 17.5 Å². The van der Waals surface area contributed by atoms with Crippen molar-refractivity contribution in [2.24, 2.45) is 0 Å². The van der Waals surface area contributed by atoms with Crippen LogP contribution in [0.3, 0.4) is 0 Å². The second-order valence-corrected chi connectivity index (χ2v) is 5.49. The third-order valence-electron chi connectivity index (χ3n) is 3.16. The quantitative estimate of drug-likeness (QED) is 0.770. The third-order valence-corrected chi connectivity index (χ3v) is 4.35. The molecule has 0 N–H and O–H groups in total. The van der Waals surface area contributed by atoms with Crippen LogP contribution in [0.1, 0.15) is 21.8 Å². The number of rotatable bonds is 2. The molecule has 1 nitrogen and oxygen atoms in total. The monoisotopic (exact) mass is 276 g/mol. The molecule has 2 aromatic carbocycles. The number of thioether (sulfide) groups is 1. The Morgan fingerprint density at radius 2 is 1.79 bits per heavy atom. The van der Waals surface area contributed by atoms with Gasteiger partial charge >= 0.3 is 0 Å². The average molecular weight is 276 g/mol. The van der Waals surface area contributed by atoms with Crippen LogP contribution in [0.5, 0.6) is 0 Å². The highest BCUT2D eigenvalue weighted by molar-refractivity contribution is 7.99. The summed E-state index contributed by atoms with van der Waals surface area (Å²) in [5, 5.41) is 0. The van der Waals surface area contributed by atoms with E-state index in [2.05, 4.69) is 0 Å². The summed E-state index contributed by atoms with van der Waals surface area (Å²) in [5.74, 6) is -1.36. The highest BCUT2D eigenvalue weighted by Crippen LogP contribution is 2.40. The first kappa shape index (κ1) is 12.4. The third kappa shape index (κ3) is 2.28. The van der Waals surface area contributed by atoms with Gasteiger partial charge in [0.25, 0.3) is 0 Å². The number of hydrogen-bond acceptors (Lipinski definition) is 2. The van der Waals surface area contributed by atoms with Gasteiger partial charge in [-0.1, -0.05) is 18.2 Å². The lowest BCUT2D eigenvalue weighted by Crippen LogP contribution is -2.13. The van der Waals surface area contributed by atoms with E-state index < -0.39 is 11.6 Å². The molecule has 1 aliphatic heterocycles. The van der Waals surface area contributed by atoms with E-state index in [1.807, 2.05) is 24.3 Å². The SMILES string of the molecule is O=C(c1cc(F)cc(F)c1)C1CSc2ccccc21. The first-order valence-electron chi connectivity index (χ1n) is 5.87. The first-order valence-corrected chi connectivity index (χ1v) is 6.86. The Labute approximate surface area is 113 Å². The minimum Gasteiger partial charge on any atom is -0.293 e. The van der Waals surface area contributed by atoms with Crippen LogP contribution < -0.4 is 0 Å². The van der Waals surface area contributed by atoms with Gasteiger partial charge in [0.15, 0.2) is 5.78 Å². The Morgan fingerprint density at radius 1 is 1.11 bits per heavy atom. The Kier molecular flexibility index (Phi) is 3.11. The van der Waals surface area contributed by atoms with Crippen molar-refractivity contribution in [1.29, 1.82) is 0 Å². The molecule has 1 heterocycles. The van der Waals surface area contributed by atoms with E-state index in [-0.39, 0.29) is 17.3 Å². The molecule has 3 rings (SSSR count). The van der Waals surface area contributed by atoms with E-state index in [0.29, 0.717) is 5.75 Å². The zero-order chi connectivity index (χ0) is 13.4. The minimum absolute atomic E-state index is 0.0970. The molecule has 1 atom stereocenters. The summed E-state index contributed by atoms with van der Waals surface area (Å²) in [4.78, 5) is 13.4. The number of halogens is 2. The van der Waals surface area contributed by atoms with Crippen molar-refractivity contribution < 1.29 is 13.6 Å². The zero-order valence-corrected chi connectivity index (χ0v) is 10.7. The van der Waals surface area contributed by atoms with Crippen LogP contribution in [0.15, 0.2) is 47.4 Å². The molecule has 0 amide bonds. The van der Waals surface area contributed by atoms with Gasteiger partial charge in [-0.05, 0) is 23.8 Å². The van der Waals surface area contributed by atoms with Crippen LogP contribution in [-0.2, 0) is 0 Å². The first-order chi connectivity index (χ1) is 9.15. The Balaban J connectivity index is 1.98. The fraction of sp³-hybridized carbons (Fsp3) is 0.133. The van der Waals surface area contributed by atoms with Gasteiger partial charge in [0.05, 0.1) is 5.92 Å². The number of benzene rings is 2. The smallest absolute Gasteiger partial charge is 0.171 e.